The van der Waals surface area contributed by atoms with Crippen LogP contribution in [0.2, 0.25) is 0 Å². The quantitative estimate of drug-likeness (QED) is 0.897. The predicted octanol–water partition coefficient (Wildman–Crippen LogP) is 2.72. The normalized spacial score (nSPS) is 16.9. The second kappa shape index (κ2) is 3.42. The number of benzene rings is 1. The van der Waals surface area contributed by atoms with Crippen LogP contribution in [0.25, 0.3) is 0 Å². The number of ether oxygens (including phenoxy) is 1. The molecule has 0 aromatic heterocycles. The Kier molecular flexibility index (Phi) is 2.35. The number of aromatic hydroxyl groups is 1. The zero-order chi connectivity index (χ0) is 11.1. The first-order valence-electron chi connectivity index (χ1n) is 4.62. The van der Waals surface area contributed by atoms with E-state index in [1.165, 1.54) is 0 Å². The van der Waals surface area contributed by atoms with Crippen LogP contribution in [-0.4, -0.2) is 12.2 Å². The Morgan fingerprint density at radius 1 is 1.53 bits per heavy atom. The summed E-state index contributed by atoms with van der Waals surface area (Å²) in [6.07, 6.45) is 1.59. The van der Waals surface area contributed by atoms with Crippen LogP contribution in [0.15, 0.2) is 16.6 Å². The number of nitrogens with zero attached hydrogens (tertiary/aromatic N) is 1. The number of hydrogen-bond acceptors (Lipinski definition) is 3. The summed E-state index contributed by atoms with van der Waals surface area (Å²) in [5, 5.41) is 18.9. The lowest BCUT2D eigenvalue weighted by Gasteiger charge is -2.14. The van der Waals surface area contributed by atoms with E-state index in [1.807, 2.05) is 0 Å². The third-order valence-electron chi connectivity index (χ3n) is 2.75. The summed E-state index contributed by atoms with van der Waals surface area (Å²) in [5.74, 6) is 0.797. The first-order chi connectivity index (χ1) is 7.14. The first-order valence-corrected chi connectivity index (χ1v) is 5.41. The van der Waals surface area contributed by atoms with Gasteiger partial charge in [0, 0.05) is 5.56 Å². The molecule has 1 aliphatic rings. The SMILES string of the molecule is COc1ccc(O)c(C2(C#N)CC2)c1Br. The van der Waals surface area contributed by atoms with Crippen LogP contribution in [-0.2, 0) is 5.41 Å². The number of halogens is 1. The highest BCUT2D eigenvalue weighted by Crippen LogP contribution is 2.54. The summed E-state index contributed by atoms with van der Waals surface area (Å²) in [7, 11) is 1.56. The van der Waals surface area contributed by atoms with Crippen molar-refractivity contribution in [1.82, 2.24) is 0 Å². The van der Waals surface area contributed by atoms with E-state index in [-0.39, 0.29) is 5.75 Å². The first kappa shape index (κ1) is 10.3. The van der Waals surface area contributed by atoms with Gasteiger partial charge in [-0.25, -0.2) is 0 Å². The standard InChI is InChI=1S/C11H10BrNO2/c1-15-8-3-2-7(14)9(10(8)12)11(6-13)4-5-11/h2-3,14H,4-5H2,1H3. The second-order valence-electron chi connectivity index (χ2n) is 3.67. The van der Waals surface area contributed by atoms with E-state index < -0.39 is 5.41 Å². The van der Waals surface area contributed by atoms with Gasteiger partial charge in [0.05, 0.1) is 23.1 Å². The Bertz CT molecular complexity index is 447. The van der Waals surface area contributed by atoms with E-state index in [2.05, 4.69) is 22.0 Å². The van der Waals surface area contributed by atoms with Crippen LogP contribution < -0.4 is 4.74 Å². The van der Waals surface area contributed by atoms with Crippen LogP contribution in [0.5, 0.6) is 11.5 Å². The molecule has 1 aromatic carbocycles. The molecule has 0 radical (unpaired) electrons. The Morgan fingerprint density at radius 2 is 2.20 bits per heavy atom. The van der Waals surface area contributed by atoms with E-state index in [0.717, 1.165) is 12.8 Å². The molecule has 1 aliphatic carbocycles. The fraction of sp³-hybridized carbons (Fsp3) is 0.364. The summed E-state index contributed by atoms with van der Waals surface area (Å²) in [5.41, 5.74) is 0.140. The molecule has 0 unspecified atom stereocenters. The maximum atomic E-state index is 9.78. The van der Waals surface area contributed by atoms with Gasteiger partial charge in [0.2, 0.25) is 0 Å². The van der Waals surface area contributed by atoms with Gasteiger partial charge in [-0.05, 0) is 40.9 Å². The summed E-state index contributed by atoms with van der Waals surface area (Å²) in [4.78, 5) is 0. The molecule has 4 heteroatoms. The zero-order valence-electron chi connectivity index (χ0n) is 8.25. The fourth-order valence-corrected chi connectivity index (χ4v) is 2.58. The average molecular weight is 268 g/mol. The Balaban J connectivity index is 2.61. The van der Waals surface area contributed by atoms with Gasteiger partial charge in [0.25, 0.3) is 0 Å². The Hall–Kier alpha value is -1.21. The molecular weight excluding hydrogens is 258 g/mol. The molecule has 2 rings (SSSR count). The van der Waals surface area contributed by atoms with Crippen LogP contribution in [0, 0.1) is 11.3 Å². The van der Waals surface area contributed by atoms with Crippen molar-refractivity contribution < 1.29 is 9.84 Å². The minimum atomic E-state index is -0.516. The fourth-order valence-electron chi connectivity index (χ4n) is 1.70. The monoisotopic (exact) mass is 267 g/mol. The largest absolute Gasteiger partial charge is 0.508 e. The average Bonchev–Trinajstić information content (AvgIpc) is 2.99. The van der Waals surface area contributed by atoms with Gasteiger partial charge in [-0.2, -0.15) is 5.26 Å². The van der Waals surface area contributed by atoms with E-state index in [4.69, 9.17) is 10.00 Å². The van der Waals surface area contributed by atoms with Crippen molar-refractivity contribution in [3.8, 4) is 17.6 Å². The van der Waals surface area contributed by atoms with Crippen molar-refractivity contribution in [3.63, 3.8) is 0 Å². The van der Waals surface area contributed by atoms with E-state index in [1.54, 1.807) is 19.2 Å². The molecule has 0 bridgehead atoms. The van der Waals surface area contributed by atoms with Gasteiger partial charge in [-0.1, -0.05) is 0 Å². The number of hydrogen-bond donors (Lipinski definition) is 1. The third-order valence-corrected chi connectivity index (χ3v) is 3.53. The van der Waals surface area contributed by atoms with Gasteiger partial charge in [-0.3, -0.25) is 0 Å². The molecule has 3 nitrogen and oxygen atoms in total. The van der Waals surface area contributed by atoms with Crippen molar-refractivity contribution in [2.75, 3.05) is 7.11 Å². The minimum Gasteiger partial charge on any atom is -0.508 e. The molecule has 1 aromatic rings. The molecule has 1 fully saturated rings. The molecule has 0 spiro atoms. The summed E-state index contributed by atoms with van der Waals surface area (Å²) in [6.45, 7) is 0. The number of phenolic OH excluding ortho intramolecular Hbond substituents is 1. The molecule has 0 amide bonds. The van der Waals surface area contributed by atoms with Gasteiger partial charge in [-0.15, -0.1) is 0 Å². The molecule has 78 valence electrons. The third kappa shape index (κ3) is 1.47. The lowest BCUT2D eigenvalue weighted by Crippen LogP contribution is -2.05. The van der Waals surface area contributed by atoms with Crippen molar-refractivity contribution in [2.24, 2.45) is 0 Å². The number of phenols is 1. The Morgan fingerprint density at radius 3 is 2.67 bits per heavy atom. The van der Waals surface area contributed by atoms with Gasteiger partial charge < -0.3 is 9.84 Å². The topological polar surface area (TPSA) is 53.2 Å². The van der Waals surface area contributed by atoms with E-state index in [0.29, 0.717) is 15.8 Å². The number of methoxy groups -OCH3 is 1. The molecule has 15 heavy (non-hydrogen) atoms. The highest BCUT2D eigenvalue weighted by Gasteiger charge is 2.48. The molecule has 0 saturated heterocycles. The lowest BCUT2D eigenvalue weighted by atomic mass is 9.96. The Labute approximate surface area is 96.4 Å². The van der Waals surface area contributed by atoms with Gasteiger partial charge in [0.15, 0.2) is 0 Å². The van der Waals surface area contributed by atoms with Crippen molar-refractivity contribution >= 4 is 15.9 Å². The highest BCUT2D eigenvalue weighted by atomic mass is 79.9. The van der Waals surface area contributed by atoms with Crippen molar-refractivity contribution in [2.45, 2.75) is 18.3 Å². The molecule has 1 saturated carbocycles. The predicted molar refractivity (Wildman–Crippen MR) is 58.9 cm³/mol. The lowest BCUT2D eigenvalue weighted by molar-refractivity contribution is 0.407. The van der Waals surface area contributed by atoms with Crippen LogP contribution in [0.3, 0.4) is 0 Å². The molecule has 0 aliphatic heterocycles. The summed E-state index contributed by atoms with van der Waals surface area (Å²) in [6, 6.07) is 5.50. The van der Waals surface area contributed by atoms with Gasteiger partial charge in [0.1, 0.15) is 11.5 Å². The molecular formula is C11H10BrNO2. The van der Waals surface area contributed by atoms with E-state index >= 15 is 0 Å². The van der Waals surface area contributed by atoms with Crippen molar-refractivity contribution in [1.29, 1.82) is 5.26 Å². The number of rotatable bonds is 2. The maximum absolute atomic E-state index is 9.78. The minimum absolute atomic E-state index is 0.154. The van der Waals surface area contributed by atoms with Crippen LogP contribution >= 0.6 is 15.9 Å². The molecule has 1 N–H and O–H groups in total. The van der Waals surface area contributed by atoms with Crippen molar-refractivity contribution in [3.05, 3.63) is 22.2 Å². The molecule has 0 heterocycles. The number of nitriles is 1. The van der Waals surface area contributed by atoms with Crippen LogP contribution in [0.1, 0.15) is 18.4 Å². The second-order valence-corrected chi connectivity index (χ2v) is 4.46. The molecule has 0 atom stereocenters. The summed E-state index contributed by atoms with van der Waals surface area (Å²) >= 11 is 3.37. The summed E-state index contributed by atoms with van der Waals surface area (Å²) < 4.78 is 5.82. The van der Waals surface area contributed by atoms with Gasteiger partial charge >= 0.3 is 0 Å². The zero-order valence-corrected chi connectivity index (χ0v) is 9.84. The smallest absolute Gasteiger partial charge is 0.133 e. The highest BCUT2D eigenvalue weighted by molar-refractivity contribution is 9.10. The van der Waals surface area contributed by atoms with E-state index in [9.17, 15) is 5.11 Å². The maximum Gasteiger partial charge on any atom is 0.133 e. The van der Waals surface area contributed by atoms with Crippen LogP contribution in [0.4, 0.5) is 0 Å².